The minimum Gasteiger partial charge on any atom is -0.493 e. The fourth-order valence-electron chi connectivity index (χ4n) is 4.39. The molecule has 1 heterocycles. The lowest BCUT2D eigenvalue weighted by Crippen LogP contribution is -2.46. The van der Waals surface area contributed by atoms with Crippen molar-refractivity contribution in [2.24, 2.45) is 0 Å². The summed E-state index contributed by atoms with van der Waals surface area (Å²) in [5, 5.41) is 15.6. The fraction of sp³-hybridized carbons (Fsp3) is 0.423. The van der Waals surface area contributed by atoms with Gasteiger partial charge in [-0.25, -0.2) is 0 Å². The molecule has 2 amide bonds. The number of methoxy groups -OCH3 is 2. The third-order valence-corrected chi connectivity index (χ3v) is 6.26. The molecule has 1 aliphatic carbocycles. The molecule has 1 saturated carbocycles. The Morgan fingerprint density at radius 1 is 1.06 bits per heavy atom. The zero-order valence-electron chi connectivity index (χ0n) is 20.9. The number of ether oxygens (including phenoxy) is 2. The summed E-state index contributed by atoms with van der Waals surface area (Å²) in [5.41, 5.74) is 2.32. The van der Waals surface area contributed by atoms with Crippen LogP contribution in [-0.2, 0) is 16.1 Å². The van der Waals surface area contributed by atoms with E-state index in [1.54, 1.807) is 32.4 Å². The summed E-state index contributed by atoms with van der Waals surface area (Å²) in [6, 6.07) is 13.0. The molecule has 0 radical (unpaired) electrons. The highest BCUT2D eigenvalue weighted by Crippen LogP contribution is 2.30. The topological polar surface area (TPSA) is 111 Å². The predicted octanol–water partition coefficient (Wildman–Crippen LogP) is 3.15. The smallest absolute Gasteiger partial charge is 0.251 e. The lowest BCUT2D eigenvalue weighted by Gasteiger charge is -2.26. The van der Waals surface area contributed by atoms with Crippen LogP contribution in [-0.4, -0.2) is 58.8 Å². The Labute approximate surface area is 210 Å². The van der Waals surface area contributed by atoms with Crippen molar-refractivity contribution in [3.8, 4) is 22.9 Å². The first-order valence-corrected chi connectivity index (χ1v) is 12.1. The number of tetrazole rings is 1. The molecule has 4 rings (SSSR count). The molecule has 0 bridgehead atoms. The van der Waals surface area contributed by atoms with Crippen LogP contribution in [0.1, 0.15) is 37.7 Å². The number of aryl methyl sites for hydroxylation is 1. The quantitative estimate of drug-likeness (QED) is 0.488. The normalized spacial score (nSPS) is 13.8. The third kappa shape index (κ3) is 6.18. The largest absolute Gasteiger partial charge is 0.493 e. The van der Waals surface area contributed by atoms with E-state index >= 15 is 0 Å². The molecular weight excluding hydrogens is 460 g/mol. The maximum atomic E-state index is 13.4. The van der Waals surface area contributed by atoms with Gasteiger partial charge in [0.25, 0.3) is 5.91 Å². The van der Waals surface area contributed by atoms with Crippen molar-refractivity contribution >= 4 is 17.5 Å². The van der Waals surface area contributed by atoms with Gasteiger partial charge in [0.2, 0.25) is 11.7 Å². The number of amides is 2. The van der Waals surface area contributed by atoms with Gasteiger partial charge in [-0.3, -0.25) is 9.59 Å². The number of carbonyl (C=O) groups excluding carboxylic acids is 2. The molecule has 190 valence electrons. The fourth-order valence-corrected chi connectivity index (χ4v) is 4.39. The van der Waals surface area contributed by atoms with E-state index in [2.05, 4.69) is 20.7 Å². The van der Waals surface area contributed by atoms with Crippen LogP contribution in [0.15, 0.2) is 42.5 Å². The van der Waals surface area contributed by atoms with Gasteiger partial charge < -0.3 is 19.7 Å². The average Bonchev–Trinajstić information content (AvgIpc) is 3.35. The van der Waals surface area contributed by atoms with Gasteiger partial charge in [0.1, 0.15) is 13.1 Å². The monoisotopic (exact) mass is 492 g/mol. The van der Waals surface area contributed by atoms with Crippen LogP contribution < -0.4 is 19.7 Å². The molecule has 0 spiro atoms. The van der Waals surface area contributed by atoms with Crippen LogP contribution in [0.2, 0.25) is 0 Å². The van der Waals surface area contributed by atoms with Gasteiger partial charge in [0, 0.05) is 17.3 Å². The van der Waals surface area contributed by atoms with E-state index in [9.17, 15) is 9.59 Å². The number of aromatic nitrogens is 4. The third-order valence-electron chi connectivity index (χ3n) is 6.26. The molecule has 36 heavy (non-hydrogen) atoms. The molecule has 2 aromatic carbocycles. The Balaban J connectivity index is 1.50. The average molecular weight is 493 g/mol. The van der Waals surface area contributed by atoms with Crippen molar-refractivity contribution in [3.63, 3.8) is 0 Å². The second-order valence-electron chi connectivity index (χ2n) is 8.93. The van der Waals surface area contributed by atoms with Gasteiger partial charge in [-0.1, -0.05) is 31.4 Å². The number of nitrogens with zero attached hydrogens (tertiary/aromatic N) is 5. The molecular formula is C26H32N6O4. The van der Waals surface area contributed by atoms with Gasteiger partial charge in [-0.2, -0.15) is 4.80 Å². The molecule has 0 aliphatic heterocycles. The Morgan fingerprint density at radius 3 is 2.56 bits per heavy atom. The first-order chi connectivity index (χ1) is 17.5. The number of rotatable bonds is 9. The number of benzene rings is 2. The summed E-state index contributed by atoms with van der Waals surface area (Å²) in [6.45, 7) is 1.71. The second-order valence-corrected chi connectivity index (χ2v) is 8.93. The first kappa shape index (κ1) is 25.2. The summed E-state index contributed by atoms with van der Waals surface area (Å²) >= 11 is 0. The Bertz CT molecular complexity index is 1200. The Morgan fingerprint density at radius 2 is 1.83 bits per heavy atom. The number of nitrogens with one attached hydrogen (secondary N) is 1. The molecule has 10 nitrogen and oxygen atoms in total. The maximum absolute atomic E-state index is 13.4. The van der Waals surface area contributed by atoms with Gasteiger partial charge in [-0.15, -0.1) is 10.2 Å². The minimum atomic E-state index is -0.310. The highest BCUT2D eigenvalue weighted by molar-refractivity contribution is 5.98. The summed E-state index contributed by atoms with van der Waals surface area (Å²) in [5.74, 6) is 0.993. The van der Waals surface area contributed by atoms with E-state index in [0.29, 0.717) is 28.6 Å². The zero-order chi connectivity index (χ0) is 25.5. The van der Waals surface area contributed by atoms with Crippen molar-refractivity contribution < 1.29 is 19.1 Å². The molecule has 1 aliphatic rings. The van der Waals surface area contributed by atoms with E-state index < -0.39 is 0 Å². The highest BCUT2D eigenvalue weighted by atomic mass is 16.5. The summed E-state index contributed by atoms with van der Waals surface area (Å²) < 4.78 is 10.6. The van der Waals surface area contributed by atoms with Gasteiger partial charge in [0.05, 0.1) is 14.2 Å². The first-order valence-electron chi connectivity index (χ1n) is 12.1. The molecule has 1 aromatic heterocycles. The zero-order valence-corrected chi connectivity index (χ0v) is 20.9. The van der Waals surface area contributed by atoms with E-state index in [0.717, 1.165) is 31.2 Å². The molecule has 1 N–H and O–H groups in total. The summed E-state index contributed by atoms with van der Waals surface area (Å²) in [6.07, 6.45) is 5.39. The molecule has 1 fully saturated rings. The lowest BCUT2D eigenvalue weighted by molar-refractivity contribution is -0.124. The van der Waals surface area contributed by atoms with Crippen LogP contribution in [0.5, 0.6) is 11.5 Å². The van der Waals surface area contributed by atoms with Crippen LogP contribution in [0.3, 0.4) is 0 Å². The van der Waals surface area contributed by atoms with E-state index in [-0.39, 0.29) is 30.9 Å². The Hall–Kier alpha value is -3.95. The number of hydrogen-bond acceptors (Lipinski definition) is 7. The van der Waals surface area contributed by atoms with Gasteiger partial charge >= 0.3 is 0 Å². The maximum Gasteiger partial charge on any atom is 0.251 e. The van der Waals surface area contributed by atoms with Crippen LogP contribution in [0.4, 0.5) is 5.69 Å². The number of anilines is 1. The van der Waals surface area contributed by atoms with Crippen molar-refractivity contribution in [1.29, 1.82) is 0 Å². The molecule has 0 saturated heterocycles. The second kappa shape index (κ2) is 11.7. The van der Waals surface area contributed by atoms with Crippen molar-refractivity contribution in [3.05, 3.63) is 48.0 Å². The van der Waals surface area contributed by atoms with Crippen molar-refractivity contribution in [1.82, 2.24) is 25.5 Å². The lowest BCUT2D eigenvalue weighted by atomic mass is 9.95. The van der Waals surface area contributed by atoms with Crippen molar-refractivity contribution in [2.45, 2.75) is 51.6 Å². The standard InChI is InChI=1S/C26H32N6O4/c1-18-8-7-11-21(14-18)31(16-24(33)27-20-9-5-4-6-10-20)25(34)17-32-29-26(28-30-32)19-12-13-22(35-2)23(15-19)36-3/h7-8,11-15,20H,4-6,9-10,16-17H2,1-3H3,(H,27,33). The van der Waals surface area contributed by atoms with Gasteiger partial charge in [0.15, 0.2) is 11.5 Å². The summed E-state index contributed by atoms with van der Waals surface area (Å²) in [7, 11) is 3.11. The number of carbonyl (C=O) groups is 2. The molecule has 0 unspecified atom stereocenters. The van der Waals surface area contributed by atoms with Crippen LogP contribution in [0, 0.1) is 6.92 Å². The SMILES string of the molecule is COc1ccc(-c2nnn(CC(=O)N(CC(=O)NC3CCCCC3)c3cccc(C)c3)n2)cc1OC. The Kier molecular flexibility index (Phi) is 8.14. The highest BCUT2D eigenvalue weighted by Gasteiger charge is 2.23. The molecule has 0 atom stereocenters. The molecule has 10 heteroatoms. The van der Waals surface area contributed by atoms with Crippen LogP contribution >= 0.6 is 0 Å². The summed E-state index contributed by atoms with van der Waals surface area (Å²) in [4.78, 5) is 28.9. The van der Waals surface area contributed by atoms with E-state index in [4.69, 9.17) is 9.47 Å². The minimum absolute atomic E-state index is 0.0734. The van der Waals surface area contributed by atoms with Crippen LogP contribution in [0.25, 0.3) is 11.4 Å². The van der Waals surface area contributed by atoms with E-state index in [1.807, 2.05) is 31.2 Å². The van der Waals surface area contributed by atoms with Crippen molar-refractivity contribution in [2.75, 3.05) is 25.7 Å². The number of hydrogen-bond donors (Lipinski definition) is 1. The predicted molar refractivity (Wildman–Crippen MR) is 135 cm³/mol. The molecule has 3 aromatic rings. The van der Waals surface area contributed by atoms with Gasteiger partial charge in [-0.05, 0) is 60.9 Å². The van der Waals surface area contributed by atoms with E-state index in [1.165, 1.54) is 16.1 Å².